The standard InChI is InChI=1S/C9H21NO3S/c1-4-6-13-7-9(10-5-2)8-14(3,11)12/h9-10H,4-8H2,1-3H3. The monoisotopic (exact) mass is 223 g/mol. The van der Waals surface area contributed by atoms with E-state index >= 15 is 0 Å². The van der Waals surface area contributed by atoms with Crippen LogP contribution in [0.4, 0.5) is 0 Å². The lowest BCUT2D eigenvalue weighted by Crippen LogP contribution is -2.39. The molecule has 0 aliphatic heterocycles. The van der Waals surface area contributed by atoms with Crippen molar-refractivity contribution in [3.05, 3.63) is 0 Å². The molecule has 0 aromatic carbocycles. The third-order valence-electron chi connectivity index (χ3n) is 1.66. The highest BCUT2D eigenvalue weighted by molar-refractivity contribution is 7.90. The van der Waals surface area contributed by atoms with Gasteiger partial charge in [0.15, 0.2) is 0 Å². The lowest BCUT2D eigenvalue weighted by atomic mass is 10.3. The van der Waals surface area contributed by atoms with Crippen LogP contribution in [0.2, 0.25) is 0 Å². The zero-order valence-corrected chi connectivity index (χ0v) is 10.1. The summed E-state index contributed by atoms with van der Waals surface area (Å²) in [4.78, 5) is 0. The van der Waals surface area contributed by atoms with Gasteiger partial charge in [-0.15, -0.1) is 0 Å². The maximum atomic E-state index is 11.1. The number of hydrogen-bond donors (Lipinski definition) is 1. The van der Waals surface area contributed by atoms with Crippen molar-refractivity contribution in [1.29, 1.82) is 0 Å². The molecular formula is C9H21NO3S. The highest BCUT2D eigenvalue weighted by atomic mass is 32.2. The molecule has 0 bridgehead atoms. The fourth-order valence-electron chi connectivity index (χ4n) is 1.19. The Bertz CT molecular complexity index is 226. The number of nitrogens with one attached hydrogen (secondary N) is 1. The van der Waals surface area contributed by atoms with Crippen molar-refractivity contribution in [1.82, 2.24) is 5.32 Å². The number of hydrogen-bond acceptors (Lipinski definition) is 4. The molecule has 0 radical (unpaired) electrons. The molecule has 1 N–H and O–H groups in total. The predicted octanol–water partition coefficient (Wildman–Crippen LogP) is 0.436. The minimum absolute atomic E-state index is 0.0819. The second kappa shape index (κ2) is 7.20. The highest BCUT2D eigenvalue weighted by Crippen LogP contribution is 1.93. The molecule has 0 aliphatic carbocycles. The van der Waals surface area contributed by atoms with E-state index in [0.717, 1.165) is 13.0 Å². The largest absolute Gasteiger partial charge is 0.380 e. The van der Waals surface area contributed by atoms with E-state index in [1.54, 1.807) is 0 Å². The van der Waals surface area contributed by atoms with E-state index < -0.39 is 9.84 Å². The van der Waals surface area contributed by atoms with Crippen molar-refractivity contribution in [2.24, 2.45) is 0 Å². The van der Waals surface area contributed by atoms with Crippen LogP contribution in [0.15, 0.2) is 0 Å². The van der Waals surface area contributed by atoms with Gasteiger partial charge in [0, 0.05) is 18.9 Å². The average Bonchev–Trinajstić information content (AvgIpc) is 2.02. The molecule has 0 aliphatic rings. The van der Waals surface area contributed by atoms with Crippen LogP contribution in [0.1, 0.15) is 20.3 Å². The molecule has 0 spiro atoms. The zero-order valence-electron chi connectivity index (χ0n) is 9.25. The Balaban J connectivity index is 3.89. The zero-order chi connectivity index (χ0) is 11.0. The van der Waals surface area contributed by atoms with Crippen molar-refractivity contribution in [3.8, 4) is 0 Å². The molecule has 0 aromatic heterocycles. The molecule has 86 valence electrons. The van der Waals surface area contributed by atoms with Gasteiger partial charge in [-0.05, 0) is 13.0 Å². The maximum Gasteiger partial charge on any atom is 0.149 e. The lowest BCUT2D eigenvalue weighted by molar-refractivity contribution is 0.117. The number of rotatable bonds is 8. The van der Waals surface area contributed by atoms with Gasteiger partial charge in [0.25, 0.3) is 0 Å². The van der Waals surface area contributed by atoms with Gasteiger partial charge in [-0.25, -0.2) is 8.42 Å². The average molecular weight is 223 g/mol. The smallest absolute Gasteiger partial charge is 0.149 e. The summed E-state index contributed by atoms with van der Waals surface area (Å²) in [7, 11) is -2.93. The number of sulfone groups is 1. The molecule has 4 nitrogen and oxygen atoms in total. The summed E-state index contributed by atoms with van der Waals surface area (Å²) in [6.45, 7) is 5.89. The number of likely N-dealkylation sites (N-methyl/N-ethyl adjacent to an activating group) is 1. The first-order chi connectivity index (χ1) is 6.49. The minimum Gasteiger partial charge on any atom is -0.380 e. The summed E-state index contributed by atoms with van der Waals surface area (Å²) in [5.41, 5.74) is 0. The molecule has 5 heteroatoms. The molecule has 14 heavy (non-hydrogen) atoms. The Morgan fingerprint density at radius 1 is 1.36 bits per heavy atom. The Hall–Kier alpha value is -0.130. The molecule has 0 aromatic rings. The first kappa shape index (κ1) is 13.9. The maximum absolute atomic E-state index is 11.1. The number of ether oxygens (including phenoxy) is 1. The fraction of sp³-hybridized carbons (Fsp3) is 1.00. The highest BCUT2D eigenvalue weighted by Gasteiger charge is 2.13. The second-order valence-corrected chi connectivity index (χ2v) is 5.61. The molecule has 0 amide bonds. The summed E-state index contributed by atoms with van der Waals surface area (Å²) < 4.78 is 27.4. The molecular weight excluding hydrogens is 202 g/mol. The van der Waals surface area contributed by atoms with Gasteiger partial charge < -0.3 is 10.1 Å². The van der Waals surface area contributed by atoms with Gasteiger partial charge in [0.05, 0.1) is 12.4 Å². The Labute approximate surface area is 86.9 Å². The van der Waals surface area contributed by atoms with E-state index in [1.807, 2.05) is 13.8 Å². The predicted molar refractivity (Wildman–Crippen MR) is 58.3 cm³/mol. The van der Waals surface area contributed by atoms with Crippen LogP contribution in [0.25, 0.3) is 0 Å². The first-order valence-electron chi connectivity index (χ1n) is 4.98. The molecule has 1 unspecified atom stereocenters. The van der Waals surface area contributed by atoms with Crippen LogP contribution in [0.3, 0.4) is 0 Å². The third-order valence-corrected chi connectivity index (χ3v) is 2.67. The van der Waals surface area contributed by atoms with Crippen molar-refractivity contribution in [2.75, 3.05) is 31.8 Å². The lowest BCUT2D eigenvalue weighted by Gasteiger charge is -2.16. The minimum atomic E-state index is -2.93. The molecule has 0 saturated carbocycles. The van der Waals surface area contributed by atoms with E-state index in [2.05, 4.69) is 5.32 Å². The van der Waals surface area contributed by atoms with Crippen molar-refractivity contribution < 1.29 is 13.2 Å². The summed E-state index contributed by atoms with van der Waals surface area (Å²) in [5.74, 6) is 0.143. The van der Waals surface area contributed by atoms with Crippen LogP contribution in [-0.4, -0.2) is 46.2 Å². The summed E-state index contributed by atoms with van der Waals surface area (Å²) in [6, 6.07) is -0.0819. The third kappa shape index (κ3) is 8.47. The first-order valence-corrected chi connectivity index (χ1v) is 7.04. The van der Waals surface area contributed by atoms with Gasteiger partial charge in [0.2, 0.25) is 0 Å². The molecule has 0 heterocycles. The Morgan fingerprint density at radius 3 is 2.43 bits per heavy atom. The Kier molecular flexibility index (Phi) is 7.13. The molecule has 0 rings (SSSR count). The van der Waals surface area contributed by atoms with E-state index in [4.69, 9.17) is 4.74 Å². The summed E-state index contributed by atoms with van der Waals surface area (Å²) in [5, 5.41) is 3.09. The topological polar surface area (TPSA) is 55.4 Å². The second-order valence-electron chi connectivity index (χ2n) is 3.42. The van der Waals surface area contributed by atoms with Gasteiger partial charge in [-0.3, -0.25) is 0 Å². The van der Waals surface area contributed by atoms with Crippen LogP contribution < -0.4 is 5.32 Å². The van der Waals surface area contributed by atoms with Crippen LogP contribution in [0, 0.1) is 0 Å². The van der Waals surface area contributed by atoms with Crippen molar-refractivity contribution >= 4 is 9.84 Å². The van der Waals surface area contributed by atoms with Gasteiger partial charge in [0.1, 0.15) is 9.84 Å². The summed E-state index contributed by atoms with van der Waals surface area (Å²) >= 11 is 0. The fourth-order valence-corrected chi connectivity index (χ4v) is 2.13. The SMILES string of the molecule is CCCOCC(CS(C)(=O)=O)NCC. The van der Waals surface area contributed by atoms with E-state index in [1.165, 1.54) is 6.26 Å². The quantitative estimate of drug-likeness (QED) is 0.607. The molecule has 0 fully saturated rings. The van der Waals surface area contributed by atoms with E-state index in [0.29, 0.717) is 13.2 Å². The van der Waals surface area contributed by atoms with Crippen LogP contribution in [0.5, 0.6) is 0 Å². The van der Waals surface area contributed by atoms with Crippen molar-refractivity contribution in [3.63, 3.8) is 0 Å². The van der Waals surface area contributed by atoms with Crippen LogP contribution in [-0.2, 0) is 14.6 Å². The summed E-state index contributed by atoms with van der Waals surface area (Å²) in [6.07, 6.45) is 2.20. The van der Waals surface area contributed by atoms with Gasteiger partial charge in [-0.1, -0.05) is 13.8 Å². The van der Waals surface area contributed by atoms with E-state index in [-0.39, 0.29) is 11.8 Å². The van der Waals surface area contributed by atoms with Gasteiger partial charge in [-0.2, -0.15) is 0 Å². The normalized spacial score (nSPS) is 14.2. The molecule has 0 saturated heterocycles. The van der Waals surface area contributed by atoms with Crippen molar-refractivity contribution in [2.45, 2.75) is 26.3 Å². The van der Waals surface area contributed by atoms with Gasteiger partial charge >= 0.3 is 0 Å². The molecule has 1 atom stereocenters. The van der Waals surface area contributed by atoms with E-state index in [9.17, 15) is 8.42 Å². The van der Waals surface area contributed by atoms with Crippen LogP contribution >= 0.6 is 0 Å². The Morgan fingerprint density at radius 2 is 2.00 bits per heavy atom.